The molecule has 1 saturated carbocycles. The molecule has 3 aliphatic heterocycles. The number of nitrogens with zero attached hydrogens (tertiary/aromatic N) is 2. The van der Waals surface area contributed by atoms with Gasteiger partial charge in [0.1, 0.15) is 5.75 Å². The Balaban J connectivity index is 1.43. The topological polar surface area (TPSA) is 54.1 Å². The lowest BCUT2D eigenvalue weighted by atomic mass is 9.86. The fraction of sp³-hybridized carbons (Fsp3) is 0.290. The van der Waals surface area contributed by atoms with Crippen LogP contribution in [-0.2, 0) is 4.74 Å². The molecule has 1 fully saturated rings. The number of methoxy groups -OCH3 is 1. The molecule has 178 valence electrons. The van der Waals surface area contributed by atoms with Crippen molar-refractivity contribution in [3.05, 3.63) is 89.5 Å². The van der Waals surface area contributed by atoms with E-state index in [1.807, 2.05) is 0 Å². The zero-order valence-electron chi connectivity index (χ0n) is 20.5. The number of hydrogen-bond donors (Lipinski definition) is 1. The van der Waals surface area contributed by atoms with E-state index in [0.29, 0.717) is 0 Å². The first-order valence-corrected chi connectivity index (χ1v) is 12.7. The normalized spacial score (nSPS) is 29.3. The Morgan fingerprint density at radius 2 is 1.67 bits per heavy atom. The Bertz CT molecular complexity index is 1690. The molecule has 1 N–H and O–H groups in total. The minimum atomic E-state index is -1.26. The number of hydrogen-bond acceptors (Lipinski definition) is 4. The zero-order chi connectivity index (χ0) is 24.3. The molecule has 1 aliphatic carbocycles. The van der Waals surface area contributed by atoms with Crippen molar-refractivity contribution < 1.29 is 19.2 Å². The van der Waals surface area contributed by atoms with Gasteiger partial charge < -0.3 is 14.6 Å². The van der Waals surface area contributed by atoms with Gasteiger partial charge in [-0.3, -0.25) is 0 Å². The second-order valence-corrected chi connectivity index (χ2v) is 10.8. The number of fused-ring (bicyclic) bond motifs is 12. The summed E-state index contributed by atoms with van der Waals surface area (Å²) in [4.78, 5) is 5.32. The molecule has 0 bridgehead atoms. The Kier molecular flexibility index (Phi) is 3.90. The van der Waals surface area contributed by atoms with Crippen LogP contribution < -0.4 is 4.74 Å². The summed E-state index contributed by atoms with van der Waals surface area (Å²) in [5.74, 6) is 0.676. The molecular formula is C31H27N2O3+. The number of aliphatic imine (C=N–C) groups is 1. The van der Waals surface area contributed by atoms with Gasteiger partial charge in [-0.1, -0.05) is 79.5 Å². The van der Waals surface area contributed by atoms with Gasteiger partial charge in [-0.05, 0) is 33.9 Å². The van der Waals surface area contributed by atoms with Crippen molar-refractivity contribution in [1.82, 2.24) is 0 Å². The van der Waals surface area contributed by atoms with Crippen LogP contribution in [-0.4, -0.2) is 46.3 Å². The quantitative estimate of drug-likeness (QED) is 0.321. The molecule has 8 rings (SSSR count). The summed E-state index contributed by atoms with van der Waals surface area (Å²) in [6.45, 7) is 4.35. The predicted octanol–water partition coefficient (Wildman–Crippen LogP) is 5.18. The maximum atomic E-state index is 11.6. The summed E-state index contributed by atoms with van der Waals surface area (Å²) in [5, 5.41) is 16.3. The van der Waals surface area contributed by atoms with Crippen LogP contribution in [0, 0.1) is 5.92 Å². The molecule has 5 unspecified atom stereocenters. The summed E-state index contributed by atoms with van der Waals surface area (Å²) in [6, 6.07) is 25.3. The molecule has 36 heavy (non-hydrogen) atoms. The van der Waals surface area contributed by atoms with E-state index in [9.17, 15) is 5.11 Å². The van der Waals surface area contributed by atoms with Crippen LogP contribution in [0.25, 0.3) is 21.5 Å². The van der Waals surface area contributed by atoms with Crippen molar-refractivity contribution in [1.29, 1.82) is 0 Å². The Hall–Kier alpha value is -3.54. The smallest absolute Gasteiger partial charge is 0.296 e. The van der Waals surface area contributed by atoms with Crippen LogP contribution in [0.3, 0.4) is 0 Å². The van der Waals surface area contributed by atoms with Gasteiger partial charge in [0.05, 0.1) is 11.8 Å². The molecule has 5 atom stereocenters. The van der Waals surface area contributed by atoms with Crippen molar-refractivity contribution in [2.24, 2.45) is 10.9 Å². The summed E-state index contributed by atoms with van der Waals surface area (Å²) < 4.78 is 14.9. The van der Waals surface area contributed by atoms with Gasteiger partial charge in [-0.15, -0.1) is 0 Å². The first-order valence-electron chi connectivity index (χ1n) is 12.7. The third kappa shape index (κ3) is 2.42. The average molecular weight is 476 g/mol. The van der Waals surface area contributed by atoms with Crippen molar-refractivity contribution >= 4 is 33.1 Å². The van der Waals surface area contributed by atoms with Gasteiger partial charge in [0.2, 0.25) is 17.9 Å². The van der Waals surface area contributed by atoms with Crippen LogP contribution in [0.2, 0.25) is 0 Å². The van der Waals surface area contributed by atoms with Gasteiger partial charge in [-0.2, -0.15) is 0 Å². The minimum Gasteiger partial charge on any atom is -0.476 e. The fourth-order valence-electron chi connectivity index (χ4n) is 6.84. The van der Waals surface area contributed by atoms with Crippen LogP contribution in [0.4, 0.5) is 0 Å². The van der Waals surface area contributed by atoms with E-state index in [-0.39, 0.29) is 30.0 Å². The second kappa shape index (κ2) is 6.81. The van der Waals surface area contributed by atoms with Crippen LogP contribution in [0.1, 0.15) is 42.5 Å². The molecule has 0 spiro atoms. The van der Waals surface area contributed by atoms with Gasteiger partial charge in [0.15, 0.2) is 11.8 Å². The van der Waals surface area contributed by atoms with E-state index in [1.165, 1.54) is 10.8 Å². The highest BCUT2D eigenvalue weighted by Gasteiger charge is 2.76. The van der Waals surface area contributed by atoms with Gasteiger partial charge in [-0.25, -0.2) is 4.58 Å². The van der Waals surface area contributed by atoms with E-state index < -0.39 is 5.79 Å². The molecule has 0 saturated heterocycles. The van der Waals surface area contributed by atoms with E-state index in [4.69, 9.17) is 14.5 Å². The molecule has 0 aromatic heterocycles. The van der Waals surface area contributed by atoms with E-state index in [0.717, 1.165) is 44.8 Å². The maximum Gasteiger partial charge on any atom is 0.296 e. The largest absolute Gasteiger partial charge is 0.476 e. The van der Waals surface area contributed by atoms with Gasteiger partial charge >= 0.3 is 0 Å². The number of benzene rings is 4. The summed E-state index contributed by atoms with van der Waals surface area (Å²) in [5.41, 5.74) is 4.48. The van der Waals surface area contributed by atoms with Crippen molar-refractivity contribution in [2.45, 2.75) is 43.7 Å². The monoisotopic (exact) mass is 475 g/mol. The van der Waals surface area contributed by atoms with E-state index in [2.05, 4.69) is 91.2 Å². The highest BCUT2D eigenvalue weighted by atomic mass is 16.6. The Labute approximate surface area is 209 Å². The summed E-state index contributed by atoms with van der Waals surface area (Å²) >= 11 is 0. The van der Waals surface area contributed by atoms with Crippen LogP contribution >= 0.6 is 0 Å². The third-order valence-electron chi connectivity index (χ3n) is 8.53. The number of rotatable bonds is 2. The highest BCUT2D eigenvalue weighted by molar-refractivity contribution is 6.11. The number of ether oxygens (including phenoxy) is 2. The standard InChI is InChI=1S/C31H27N2O3/c1-16(2)30-32-25-21-13-12-17-8-6-7-11-20(17)27(21)36-28(25)26-23-15-19-10-5-4-9-18(19)14-22(23)24-29(33(26)30)31(24,34)35-3/h4-16,24-25,28-29,34H,1-3H3/q+1. The number of amidine groups is 1. The van der Waals surface area contributed by atoms with Gasteiger partial charge in [0, 0.05) is 23.6 Å². The molecule has 3 heterocycles. The molecule has 4 aromatic rings. The van der Waals surface area contributed by atoms with E-state index in [1.54, 1.807) is 7.11 Å². The van der Waals surface area contributed by atoms with Crippen molar-refractivity contribution in [2.75, 3.05) is 7.11 Å². The Morgan fingerprint density at radius 3 is 2.42 bits per heavy atom. The highest BCUT2D eigenvalue weighted by Crippen LogP contribution is 2.60. The van der Waals surface area contributed by atoms with Crippen molar-refractivity contribution in [3.8, 4) is 5.75 Å². The fourth-order valence-corrected chi connectivity index (χ4v) is 6.84. The molecule has 4 aliphatic rings. The predicted molar refractivity (Wildman–Crippen MR) is 140 cm³/mol. The molecule has 4 aromatic carbocycles. The van der Waals surface area contributed by atoms with E-state index >= 15 is 0 Å². The SMILES string of the molecule is COC1(O)C2c3cc4ccccc4cc3C3=[N+](C(C(C)C)=NC4c5ccc6ccccc6c5OC34)C21. The molecular weight excluding hydrogens is 448 g/mol. The van der Waals surface area contributed by atoms with Crippen LogP contribution in [0.15, 0.2) is 77.8 Å². The first kappa shape index (κ1) is 20.6. The molecule has 5 nitrogen and oxygen atoms in total. The first-order chi connectivity index (χ1) is 17.5. The zero-order valence-corrected chi connectivity index (χ0v) is 20.5. The minimum absolute atomic E-state index is 0.126. The van der Waals surface area contributed by atoms with Gasteiger partial charge in [0.25, 0.3) is 5.84 Å². The summed E-state index contributed by atoms with van der Waals surface area (Å²) in [6.07, 6.45) is -0.268. The molecule has 0 amide bonds. The lowest BCUT2D eigenvalue weighted by Crippen LogP contribution is -2.49. The third-order valence-corrected chi connectivity index (χ3v) is 8.53. The Morgan fingerprint density at radius 1 is 0.944 bits per heavy atom. The average Bonchev–Trinajstić information content (AvgIpc) is 3.35. The molecule has 5 heteroatoms. The molecule has 0 radical (unpaired) electrons. The summed E-state index contributed by atoms with van der Waals surface area (Å²) in [7, 11) is 1.60. The second-order valence-electron chi connectivity index (χ2n) is 10.8. The maximum absolute atomic E-state index is 11.6. The lowest BCUT2D eigenvalue weighted by Gasteiger charge is -2.29. The number of aliphatic hydroxyl groups is 1. The lowest BCUT2D eigenvalue weighted by molar-refractivity contribution is -0.458. The van der Waals surface area contributed by atoms with Crippen LogP contribution in [0.5, 0.6) is 5.75 Å². The van der Waals surface area contributed by atoms with Crippen molar-refractivity contribution in [3.63, 3.8) is 0 Å².